The van der Waals surface area contributed by atoms with Gasteiger partial charge >= 0.3 is 5.97 Å². The first-order valence-corrected chi connectivity index (χ1v) is 8.62. The molecule has 0 amide bonds. The van der Waals surface area contributed by atoms with Crippen molar-refractivity contribution in [3.63, 3.8) is 0 Å². The van der Waals surface area contributed by atoms with E-state index in [2.05, 4.69) is 31.7 Å². The van der Waals surface area contributed by atoms with Gasteiger partial charge in [-0.3, -0.25) is 9.69 Å². The van der Waals surface area contributed by atoms with Crippen molar-refractivity contribution in [1.29, 1.82) is 0 Å². The molecule has 2 rings (SSSR count). The fraction of sp³-hybridized carbons (Fsp3) is 0.632. The van der Waals surface area contributed by atoms with E-state index < -0.39 is 0 Å². The summed E-state index contributed by atoms with van der Waals surface area (Å²) in [5.74, 6) is 1.01. The maximum absolute atomic E-state index is 11.3. The molecule has 3 nitrogen and oxygen atoms in total. The topological polar surface area (TPSA) is 29.5 Å². The van der Waals surface area contributed by atoms with Gasteiger partial charge in [-0.2, -0.15) is 0 Å². The molecule has 0 aromatic heterocycles. The van der Waals surface area contributed by atoms with E-state index in [4.69, 9.17) is 4.74 Å². The molecule has 0 saturated heterocycles. The Hall–Kier alpha value is -1.06. The standard InChI is InChI=1S/C19H29NO2.ClH/c1-5-12-20(13-6-2)18-11-10-17-16(14(18)3)8-7-9-19(17)22-15(4)21;/h7-9,14,18H,5-6,10-13H2,1-4H3;1H/t14-,18+;/m1./s1. The zero-order valence-electron chi connectivity index (χ0n) is 14.8. The number of ether oxygens (including phenoxy) is 1. The average Bonchev–Trinajstić information content (AvgIpc) is 2.48. The number of fused-ring (bicyclic) bond motifs is 1. The summed E-state index contributed by atoms with van der Waals surface area (Å²) in [6, 6.07) is 6.73. The Morgan fingerprint density at radius 1 is 1.26 bits per heavy atom. The molecule has 0 heterocycles. The molecule has 0 aliphatic heterocycles. The van der Waals surface area contributed by atoms with Gasteiger partial charge in [-0.25, -0.2) is 0 Å². The third-order valence-electron chi connectivity index (χ3n) is 4.67. The van der Waals surface area contributed by atoms with Gasteiger partial charge < -0.3 is 4.74 Å². The fourth-order valence-corrected chi connectivity index (χ4v) is 3.79. The number of nitrogens with zero attached hydrogens (tertiary/aromatic N) is 1. The number of benzene rings is 1. The Morgan fingerprint density at radius 2 is 1.91 bits per heavy atom. The zero-order chi connectivity index (χ0) is 16.1. The van der Waals surface area contributed by atoms with Crippen molar-refractivity contribution in [2.24, 2.45) is 0 Å². The zero-order valence-corrected chi connectivity index (χ0v) is 15.6. The van der Waals surface area contributed by atoms with Gasteiger partial charge in [-0.1, -0.05) is 32.9 Å². The molecule has 1 aliphatic carbocycles. The number of carbonyl (C=O) groups is 1. The molecule has 0 bridgehead atoms. The molecule has 130 valence electrons. The SMILES string of the molecule is CCCN(CCC)[C@H]1CCc2c(OC(C)=O)cccc2[C@H]1C.Cl. The molecule has 4 heteroatoms. The monoisotopic (exact) mass is 339 g/mol. The van der Waals surface area contributed by atoms with Gasteiger partial charge in [-0.05, 0) is 61.9 Å². The lowest BCUT2D eigenvalue weighted by Gasteiger charge is -2.40. The normalized spacial score (nSPS) is 19.9. The number of hydrogen-bond acceptors (Lipinski definition) is 3. The van der Waals surface area contributed by atoms with Gasteiger partial charge in [0.05, 0.1) is 0 Å². The highest BCUT2D eigenvalue weighted by Gasteiger charge is 2.31. The molecule has 0 unspecified atom stereocenters. The van der Waals surface area contributed by atoms with Crippen molar-refractivity contribution in [2.45, 2.75) is 65.3 Å². The van der Waals surface area contributed by atoms with E-state index in [9.17, 15) is 4.79 Å². The van der Waals surface area contributed by atoms with Crippen molar-refractivity contribution >= 4 is 18.4 Å². The minimum Gasteiger partial charge on any atom is -0.426 e. The highest BCUT2D eigenvalue weighted by atomic mass is 35.5. The smallest absolute Gasteiger partial charge is 0.308 e. The van der Waals surface area contributed by atoms with Gasteiger partial charge in [0.25, 0.3) is 0 Å². The highest BCUT2D eigenvalue weighted by molar-refractivity contribution is 5.85. The molecule has 0 saturated carbocycles. The Labute approximate surface area is 146 Å². The lowest BCUT2D eigenvalue weighted by molar-refractivity contribution is -0.131. The van der Waals surface area contributed by atoms with Crippen molar-refractivity contribution in [3.8, 4) is 5.75 Å². The van der Waals surface area contributed by atoms with Crippen molar-refractivity contribution in [2.75, 3.05) is 13.1 Å². The summed E-state index contributed by atoms with van der Waals surface area (Å²) in [7, 11) is 0. The lowest BCUT2D eigenvalue weighted by atomic mass is 9.79. The van der Waals surface area contributed by atoms with E-state index >= 15 is 0 Å². The molecule has 0 N–H and O–H groups in total. The van der Waals surface area contributed by atoms with Crippen LogP contribution < -0.4 is 4.74 Å². The van der Waals surface area contributed by atoms with Gasteiger partial charge in [0.2, 0.25) is 0 Å². The Balaban J connectivity index is 0.00000264. The van der Waals surface area contributed by atoms with Crippen LogP contribution in [0.4, 0.5) is 0 Å². The van der Waals surface area contributed by atoms with Crippen LogP contribution in [-0.2, 0) is 11.2 Å². The van der Waals surface area contributed by atoms with Crippen LogP contribution in [0.2, 0.25) is 0 Å². The van der Waals surface area contributed by atoms with Crippen LogP contribution in [0.5, 0.6) is 5.75 Å². The predicted octanol–water partition coefficient (Wildman–Crippen LogP) is 4.57. The van der Waals surface area contributed by atoms with Crippen LogP contribution >= 0.6 is 12.4 Å². The minimum absolute atomic E-state index is 0. The summed E-state index contributed by atoms with van der Waals surface area (Å²) >= 11 is 0. The van der Waals surface area contributed by atoms with Crippen LogP contribution in [0.15, 0.2) is 18.2 Å². The van der Waals surface area contributed by atoms with Crippen LogP contribution in [0.3, 0.4) is 0 Å². The van der Waals surface area contributed by atoms with Crippen molar-refractivity contribution in [3.05, 3.63) is 29.3 Å². The van der Waals surface area contributed by atoms with Crippen LogP contribution in [0, 0.1) is 0 Å². The molecule has 2 atom stereocenters. The lowest BCUT2D eigenvalue weighted by Crippen LogP contribution is -2.42. The molecule has 0 spiro atoms. The molecular weight excluding hydrogens is 310 g/mol. The summed E-state index contributed by atoms with van der Waals surface area (Å²) < 4.78 is 5.40. The second kappa shape index (κ2) is 9.29. The second-order valence-corrected chi connectivity index (χ2v) is 6.35. The highest BCUT2D eigenvalue weighted by Crippen LogP contribution is 2.38. The Morgan fingerprint density at radius 3 is 2.48 bits per heavy atom. The second-order valence-electron chi connectivity index (χ2n) is 6.35. The first kappa shape index (κ1) is 20.0. The van der Waals surface area contributed by atoms with E-state index in [1.165, 1.54) is 44.0 Å². The molecule has 0 fully saturated rings. The van der Waals surface area contributed by atoms with Crippen molar-refractivity contribution in [1.82, 2.24) is 4.90 Å². The maximum atomic E-state index is 11.3. The van der Waals surface area contributed by atoms with Crippen LogP contribution in [-0.4, -0.2) is 30.0 Å². The summed E-state index contributed by atoms with van der Waals surface area (Å²) in [4.78, 5) is 13.9. The molecule has 0 radical (unpaired) electrons. The Kier molecular flexibility index (Phi) is 8.07. The molecule has 23 heavy (non-hydrogen) atoms. The van der Waals surface area contributed by atoms with E-state index in [0.717, 1.165) is 18.6 Å². The third kappa shape index (κ3) is 4.71. The number of carbonyl (C=O) groups excluding carboxylic acids is 1. The van der Waals surface area contributed by atoms with Crippen molar-refractivity contribution < 1.29 is 9.53 Å². The summed E-state index contributed by atoms with van der Waals surface area (Å²) in [5, 5.41) is 0. The molecule has 1 aliphatic rings. The van der Waals surface area contributed by atoms with Gasteiger partial charge in [0, 0.05) is 13.0 Å². The number of hydrogen-bond donors (Lipinski definition) is 0. The van der Waals surface area contributed by atoms with Gasteiger partial charge in [0.15, 0.2) is 0 Å². The largest absolute Gasteiger partial charge is 0.426 e. The quantitative estimate of drug-likeness (QED) is 0.561. The molecule has 1 aromatic carbocycles. The van der Waals surface area contributed by atoms with E-state index in [0.29, 0.717) is 12.0 Å². The fourth-order valence-electron chi connectivity index (χ4n) is 3.79. The first-order valence-electron chi connectivity index (χ1n) is 8.62. The summed E-state index contributed by atoms with van der Waals surface area (Å²) in [5.41, 5.74) is 2.58. The van der Waals surface area contributed by atoms with E-state index in [1.807, 2.05) is 12.1 Å². The average molecular weight is 340 g/mol. The maximum Gasteiger partial charge on any atom is 0.308 e. The van der Waals surface area contributed by atoms with Crippen LogP contribution in [0.1, 0.15) is 64.0 Å². The number of esters is 1. The van der Waals surface area contributed by atoms with E-state index in [1.54, 1.807) is 0 Å². The Bertz CT molecular complexity index is 512. The summed E-state index contributed by atoms with van der Waals surface area (Å²) in [6.45, 7) is 10.6. The van der Waals surface area contributed by atoms with Gasteiger partial charge in [-0.15, -0.1) is 12.4 Å². The molecule has 1 aromatic rings. The number of halogens is 1. The molecular formula is C19H30ClNO2. The van der Waals surface area contributed by atoms with Crippen LogP contribution in [0.25, 0.3) is 0 Å². The third-order valence-corrected chi connectivity index (χ3v) is 4.67. The number of rotatable bonds is 6. The van der Waals surface area contributed by atoms with Gasteiger partial charge in [0.1, 0.15) is 5.75 Å². The predicted molar refractivity (Wildman–Crippen MR) is 97.7 cm³/mol. The first-order chi connectivity index (χ1) is 10.6. The summed E-state index contributed by atoms with van der Waals surface area (Å²) in [6.07, 6.45) is 4.54. The van der Waals surface area contributed by atoms with E-state index in [-0.39, 0.29) is 18.4 Å². The minimum atomic E-state index is -0.234.